The number of imide groups is 1. The van der Waals surface area contributed by atoms with Crippen LogP contribution in [0, 0.1) is 17.8 Å². The van der Waals surface area contributed by atoms with Gasteiger partial charge in [0.2, 0.25) is 11.8 Å². The standard InChI is InChI=1S/C26H39N3O6/c1-18(2)14-21(15-22(30)34-17-19-10-7-6-8-11-19)23(31)28-27-16-20-12-9-13-29(24(20)32)25(33)35-26(3,4)5/h6-8,10-11,18,20-21,27H,9,12-17H2,1-5H3,(H,28,31)/t20?,21-/m1/s1. The molecule has 0 aromatic heterocycles. The number of piperidine rings is 1. The number of rotatable bonds is 10. The van der Waals surface area contributed by atoms with Crippen LogP contribution in [-0.2, 0) is 30.5 Å². The van der Waals surface area contributed by atoms with E-state index in [0.29, 0.717) is 25.8 Å². The van der Waals surface area contributed by atoms with E-state index in [0.717, 1.165) is 10.5 Å². The Morgan fingerprint density at radius 2 is 1.83 bits per heavy atom. The number of ether oxygens (including phenoxy) is 2. The molecule has 0 radical (unpaired) electrons. The molecule has 1 heterocycles. The summed E-state index contributed by atoms with van der Waals surface area (Å²) in [5.74, 6) is -1.92. The van der Waals surface area contributed by atoms with Crippen molar-refractivity contribution < 1.29 is 28.7 Å². The highest BCUT2D eigenvalue weighted by Gasteiger charge is 2.35. The van der Waals surface area contributed by atoms with Gasteiger partial charge in [-0.2, -0.15) is 0 Å². The van der Waals surface area contributed by atoms with Gasteiger partial charge in [0.25, 0.3) is 0 Å². The summed E-state index contributed by atoms with van der Waals surface area (Å²) in [4.78, 5) is 51.4. The van der Waals surface area contributed by atoms with Crippen LogP contribution in [0.4, 0.5) is 4.79 Å². The molecule has 3 amide bonds. The van der Waals surface area contributed by atoms with E-state index in [-0.39, 0.29) is 37.3 Å². The van der Waals surface area contributed by atoms with Crippen LogP contribution in [0.2, 0.25) is 0 Å². The third kappa shape index (κ3) is 10.1. The fourth-order valence-corrected chi connectivity index (χ4v) is 3.85. The van der Waals surface area contributed by atoms with E-state index in [1.54, 1.807) is 20.8 Å². The number of hydrogen-bond donors (Lipinski definition) is 2. The summed E-state index contributed by atoms with van der Waals surface area (Å²) in [5, 5.41) is 0. The molecule has 1 unspecified atom stereocenters. The van der Waals surface area contributed by atoms with Crippen LogP contribution in [-0.4, -0.2) is 47.5 Å². The van der Waals surface area contributed by atoms with Crippen molar-refractivity contribution in [1.29, 1.82) is 0 Å². The van der Waals surface area contributed by atoms with Crippen LogP contribution in [0.3, 0.4) is 0 Å². The van der Waals surface area contributed by atoms with Crippen LogP contribution in [0.5, 0.6) is 0 Å². The van der Waals surface area contributed by atoms with Crippen molar-refractivity contribution in [2.75, 3.05) is 13.1 Å². The van der Waals surface area contributed by atoms with Crippen LogP contribution in [0.25, 0.3) is 0 Å². The highest BCUT2D eigenvalue weighted by atomic mass is 16.6. The van der Waals surface area contributed by atoms with Crippen LogP contribution >= 0.6 is 0 Å². The quantitative estimate of drug-likeness (QED) is 0.381. The smallest absolute Gasteiger partial charge is 0.417 e. The number of hydrogen-bond acceptors (Lipinski definition) is 7. The topological polar surface area (TPSA) is 114 Å². The predicted molar refractivity (Wildman–Crippen MR) is 131 cm³/mol. The Kier molecular flexibility index (Phi) is 10.7. The number of carbonyl (C=O) groups is 4. The Morgan fingerprint density at radius 1 is 1.14 bits per heavy atom. The molecule has 1 aliphatic heterocycles. The lowest BCUT2D eigenvalue weighted by molar-refractivity contribution is -0.148. The number of likely N-dealkylation sites (tertiary alicyclic amines) is 1. The summed E-state index contributed by atoms with van der Waals surface area (Å²) in [5.41, 5.74) is 5.65. The van der Waals surface area contributed by atoms with Gasteiger partial charge in [0.1, 0.15) is 12.2 Å². The Hall–Kier alpha value is -2.94. The van der Waals surface area contributed by atoms with Gasteiger partial charge < -0.3 is 9.47 Å². The average molecular weight is 490 g/mol. The van der Waals surface area contributed by atoms with Gasteiger partial charge in [-0.25, -0.2) is 15.1 Å². The first kappa shape index (κ1) is 28.3. The molecule has 9 heteroatoms. The van der Waals surface area contributed by atoms with E-state index in [1.165, 1.54) is 0 Å². The molecule has 0 spiro atoms. The van der Waals surface area contributed by atoms with Crippen molar-refractivity contribution in [3.05, 3.63) is 35.9 Å². The molecule has 0 aliphatic carbocycles. The maximum Gasteiger partial charge on any atom is 0.417 e. The molecule has 0 saturated carbocycles. The zero-order valence-electron chi connectivity index (χ0n) is 21.5. The molecule has 1 fully saturated rings. The van der Waals surface area contributed by atoms with Gasteiger partial charge in [0.15, 0.2) is 0 Å². The zero-order valence-corrected chi connectivity index (χ0v) is 21.5. The van der Waals surface area contributed by atoms with Gasteiger partial charge in [-0.05, 0) is 51.5 Å². The molecule has 0 bridgehead atoms. The normalized spacial score (nSPS) is 17.1. The molecule has 2 atom stereocenters. The second-order valence-electron chi connectivity index (χ2n) is 10.4. The number of carbonyl (C=O) groups excluding carboxylic acids is 4. The summed E-state index contributed by atoms with van der Waals surface area (Å²) < 4.78 is 10.7. The van der Waals surface area contributed by atoms with Crippen LogP contribution < -0.4 is 10.9 Å². The van der Waals surface area contributed by atoms with Gasteiger partial charge in [0.05, 0.1) is 12.3 Å². The first-order chi connectivity index (χ1) is 16.5. The monoisotopic (exact) mass is 489 g/mol. The van der Waals surface area contributed by atoms with E-state index in [2.05, 4.69) is 10.9 Å². The summed E-state index contributed by atoms with van der Waals surface area (Å²) in [6, 6.07) is 9.36. The lowest BCUT2D eigenvalue weighted by atomic mass is 9.93. The van der Waals surface area contributed by atoms with E-state index >= 15 is 0 Å². The maximum absolute atomic E-state index is 12.8. The van der Waals surface area contributed by atoms with Crippen molar-refractivity contribution in [1.82, 2.24) is 15.8 Å². The summed E-state index contributed by atoms with van der Waals surface area (Å²) in [6.07, 6.45) is 1.09. The van der Waals surface area contributed by atoms with Gasteiger partial charge in [0, 0.05) is 19.0 Å². The number of nitrogens with zero attached hydrogens (tertiary/aromatic N) is 1. The molecule has 194 valence electrons. The SMILES string of the molecule is CC(C)C[C@H](CC(=O)OCc1ccccc1)C(=O)NNCC1CCCN(C(=O)OC(C)(C)C)C1=O. The van der Waals surface area contributed by atoms with Gasteiger partial charge >= 0.3 is 12.1 Å². The average Bonchev–Trinajstić information content (AvgIpc) is 2.77. The third-order valence-corrected chi connectivity index (χ3v) is 5.51. The molecule has 2 N–H and O–H groups in total. The lowest BCUT2D eigenvalue weighted by Crippen LogP contribution is -2.51. The van der Waals surface area contributed by atoms with Gasteiger partial charge in [-0.1, -0.05) is 44.2 Å². The van der Waals surface area contributed by atoms with Crippen molar-refractivity contribution in [2.24, 2.45) is 17.8 Å². The van der Waals surface area contributed by atoms with E-state index < -0.39 is 29.5 Å². The minimum atomic E-state index is -0.690. The van der Waals surface area contributed by atoms with E-state index in [9.17, 15) is 19.2 Å². The highest BCUT2D eigenvalue weighted by molar-refractivity contribution is 5.94. The predicted octanol–water partition coefficient (Wildman–Crippen LogP) is 3.58. The van der Waals surface area contributed by atoms with Crippen molar-refractivity contribution in [3.8, 4) is 0 Å². The molecule has 9 nitrogen and oxygen atoms in total. The fraction of sp³-hybridized carbons (Fsp3) is 0.615. The summed E-state index contributed by atoms with van der Waals surface area (Å²) in [6.45, 7) is 9.86. The van der Waals surface area contributed by atoms with E-state index in [1.807, 2.05) is 44.2 Å². The van der Waals surface area contributed by atoms with E-state index in [4.69, 9.17) is 9.47 Å². The minimum absolute atomic E-state index is 0.0344. The first-order valence-corrected chi connectivity index (χ1v) is 12.2. The van der Waals surface area contributed by atoms with Crippen molar-refractivity contribution in [3.63, 3.8) is 0 Å². The maximum atomic E-state index is 12.8. The second kappa shape index (κ2) is 13.2. The summed E-state index contributed by atoms with van der Waals surface area (Å²) >= 11 is 0. The van der Waals surface area contributed by atoms with Crippen LogP contribution in [0.1, 0.15) is 65.9 Å². The first-order valence-electron chi connectivity index (χ1n) is 12.2. The largest absolute Gasteiger partial charge is 0.461 e. The fourth-order valence-electron chi connectivity index (χ4n) is 3.85. The molecule has 1 aliphatic rings. The summed E-state index contributed by atoms with van der Waals surface area (Å²) in [7, 11) is 0. The number of benzene rings is 1. The Balaban J connectivity index is 1.84. The molecule has 2 rings (SSSR count). The van der Waals surface area contributed by atoms with Crippen molar-refractivity contribution >= 4 is 23.9 Å². The highest BCUT2D eigenvalue weighted by Crippen LogP contribution is 2.21. The van der Waals surface area contributed by atoms with Gasteiger partial charge in [-0.3, -0.25) is 19.8 Å². The number of esters is 1. The Morgan fingerprint density at radius 3 is 2.46 bits per heavy atom. The molecule has 1 saturated heterocycles. The van der Waals surface area contributed by atoms with Crippen LogP contribution in [0.15, 0.2) is 30.3 Å². The van der Waals surface area contributed by atoms with Crippen molar-refractivity contribution in [2.45, 2.75) is 72.5 Å². The third-order valence-electron chi connectivity index (χ3n) is 5.51. The zero-order chi connectivity index (χ0) is 26.0. The molecular weight excluding hydrogens is 450 g/mol. The number of amides is 3. The number of hydrazine groups is 1. The second-order valence-corrected chi connectivity index (χ2v) is 10.4. The minimum Gasteiger partial charge on any atom is -0.461 e. The van der Waals surface area contributed by atoms with Gasteiger partial charge in [-0.15, -0.1) is 0 Å². The molecule has 35 heavy (non-hydrogen) atoms. The molecule has 1 aromatic rings. The number of nitrogens with one attached hydrogen (secondary N) is 2. The molecular formula is C26H39N3O6. The Labute approximate surface area is 207 Å². The lowest BCUT2D eigenvalue weighted by Gasteiger charge is -2.32. The Bertz CT molecular complexity index is 866. The molecule has 1 aromatic carbocycles.